The van der Waals surface area contributed by atoms with Gasteiger partial charge in [0.05, 0.1) is 17.6 Å². The van der Waals surface area contributed by atoms with Gasteiger partial charge in [-0.3, -0.25) is 14.9 Å². The average Bonchev–Trinajstić information content (AvgIpc) is 3.15. The Hall–Kier alpha value is -3.68. The van der Waals surface area contributed by atoms with Gasteiger partial charge in [-0.05, 0) is 11.6 Å². The fourth-order valence-electron chi connectivity index (χ4n) is 2.86. The van der Waals surface area contributed by atoms with E-state index in [1.165, 1.54) is 25.3 Å². The normalized spacial score (nSPS) is 10.5. The number of carbonyl (C=O) groups excluding carboxylic acids is 1. The molecule has 3 rings (SSSR count). The number of nitrogens with zero attached hydrogens (tertiary/aromatic N) is 3. The molecule has 28 heavy (non-hydrogen) atoms. The summed E-state index contributed by atoms with van der Waals surface area (Å²) in [5.74, 6) is 0.700. The number of nitro groups is 1. The number of imidazole rings is 1. The molecule has 0 radical (unpaired) electrons. The van der Waals surface area contributed by atoms with Gasteiger partial charge in [0, 0.05) is 44.0 Å². The molecule has 0 saturated carbocycles. The smallest absolute Gasteiger partial charge is 0.270 e. The number of hydrogen-bond acceptors (Lipinski definition) is 5. The molecule has 144 valence electrons. The monoisotopic (exact) mass is 380 g/mol. The Morgan fingerprint density at radius 1 is 1.25 bits per heavy atom. The topological polar surface area (TPSA) is 99.3 Å². The zero-order chi connectivity index (χ0) is 19.9. The van der Waals surface area contributed by atoms with E-state index >= 15 is 0 Å². The third-order valence-electron chi connectivity index (χ3n) is 4.27. The first-order valence-corrected chi connectivity index (χ1v) is 8.73. The maximum absolute atomic E-state index is 12.5. The lowest BCUT2D eigenvalue weighted by atomic mass is 10.1. The van der Waals surface area contributed by atoms with Crippen LogP contribution >= 0.6 is 0 Å². The number of nitro benzene ring substituents is 1. The highest BCUT2D eigenvalue weighted by atomic mass is 16.6. The number of carbonyl (C=O) groups is 1. The first-order chi connectivity index (χ1) is 13.6. The van der Waals surface area contributed by atoms with Crippen LogP contribution in [0.25, 0.3) is 0 Å². The molecule has 0 bridgehead atoms. The van der Waals surface area contributed by atoms with Crippen LogP contribution in [-0.2, 0) is 13.0 Å². The number of non-ortho nitro benzene ring substituents is 1. The van der Waals surface area contributed by atoms with Crippen molar-refractivity contribution in [3.63, 3.8) is 0 Å². The second-order valence-electron chi connectivity index (χ2n) is 6.10. The van der Waals surface area contributed by atoms with Crippen molar-refractivity contribution >= 4 is 11.6 Å². The average molecular weight is 380 g/mol. The number of aromatic nitrogens is 2. The van der Waals surface area contributed by atoms with Crippen molar-refractivity contribution in [2.75, 3.05) is 13.7 Å². The van der Waals surface area contributed by atoms with Crippen molar-refractivity contribution in [2.45, 2.75) is 13.0 Å². The summed E-state index contributed by atoms with van der Waals surface area (Å²) in [6.07, 6.45) is 4.15. The quantitative estimate of drug-likeness (QED) is 0.478. The van der Waals surface area contributed by atoms with Crippen LogP contribution in [0.15, 0.2) is 60.9 Å². The summed E-state index contributed by atoms with van der Waals surface area (Å²) in [5, 5.41) is 13.7. The maximum Gasteiger partial charge on any atom is 0.270 e. The van der Waals surface area contributed by atoms with E-state index in [4.69, 9.17) is 4.74 Å². The Bertz CT molecular complexity index is 969. The van der Waals surface area contributed by atoms with E-state index in [9.17, 15) is 14.9 Å². The molecule has 0 aliphatic rings. The number of ether oxygens (including phenoxy) is 1. The van der Waals surface area contributed by atoms with Gasteiger partial charge in [-0.25, -0.2) is 4.98 Å². The molecule has 2 aromatic carbocycles. The van der Waals surface area contributed by atoms with E-state index in [1.807, 2.05) is 41.1 Å². The standard InChI is InChI=1S/C20H20N4O4/c1-28-18-8-7-16(24(26)27)13-17(18)20(25)22-10-9-19-21-11-12-23(19)14-15-5-3-2-4-6-15/h2-8,11-13H,9-10,14H2,1H3,(H,22,25). The van der Waals surface area contributed by atoms with Gasteiger partial charge in [-0.2, -0.15) is 0 Å². The molecule has 8 nitrogen and oxygen atoms in total. The molecule has 0 unspecified atom stereocenters. The van der Waals surface area contributed by atoms with Crippen LogP contribution in [0.5, 0.6) is 5.75 Å². The minimum atomic E-state index is -0.545. The van der Waals surface area contributed by atoms with Crippen molar-refractivity contribution < 1.29 is 14.5 Å². The predicted octanol–water partition coefficient (Wildman–Crippen LogP) is 2.82. The van der Waals surface area contributed by atoms with Crippen LogP contribution in [0.2, 0.25) is 0 Å². The van der Waals surface area contributed by atoms with E-state index in [0.29, 0.717) is 19.5 Å². The van der Waals surface area contributed by atoms with E-state index in [0.717, 1.165) is 11.4 Å². The highest BCUT2D eigenvalue weighted by Gasteiger charge is 2.17. The van der Waals surface area contributed by atoms with Crippen LogP contribution in [0, 0.1) is 10.1 Å². The van der Waals surface area contributed by atoms with E-state index < -0.39 is 10.8 Å². The van der Waals surface area contributed by atoms with Crippen molar-refractivity contribution in [2.24, 2.45) is 0 Å². The third-order valence-corrected chi connectivity index (χ3v) is 4.27. The summed E-state index contributed by atoms with van der Waals surface area (Å²) in [4.78, 5) is 27.2. The molecule has 3 aromatic rings. The fourth-order valence-corrected chi connectivity index (χ4v) is 2.86. The lowest BCUT2D eigenvalue weighted by molar-refractivity contribution is -0.384. The van der Waals surface area contributed by atoms with Crippen molar-refractivity contribution in [1.29, 1.82) is 0 Å². The number of rotatable bonds is 8. The summed E-state index contributed by atoms with van der Waals surface area (Å²) >= 11 is 0. The maximum atomic E-state index is 12.5. The zero-order valence-electron chi connectivity index (χ0n) is 15.4. The summed E-state index contributed by atoms with van der Waals surface area (Å²) in [5.41, 5.74) is 1.13. The third kappa shape index (κ3) is 4.53. The molecule has 0 spiro atoms. The number of benzene rings is 2. The van der Waals surface area contributed by atoms with Gasteiger partial charge in [0.2, 0.25) is 0 Å². The molecule has 1 N–H and O–H groups in total. The van der Waals surface area contributed by atoms with Crippen LogP contribution in [0.3, 0.4) is 0 Å². The van der Waals surface area contributed by atoms with Crippen LogP contribution < -0.4 is 10.1 Å². The second kappa shape index (κ2) is 8.81. The van der Waals surface area contributed by atoms with E-state index in [1.54, 1.807) is 6.20 Å². The van der Waals surface area contributed by atoms with E-state index in [-0.39, 0.29) is 17.0 Å². The van der Waals surface area contributed by atoms with Gasteiger partial charge in [0.1, 0.15) is 11.6 Å². The molecule has 0 aliphatic carbocycles. The Morgan fingerprint density at radius 3 is 2.75 bits per heavy atom. The highest BCUT2D eigenvalue weighted by molar-refractivity contribution is 5.97. The first kappa shape index (κ1) is 19.1. The van der Waals surface area contributed by atoms with Crippen LogP contribution in [0.4, 0.5) is 5.69 Å². The first-order valence-electron chi connectivity index (χ1n) is 8.73. The van der Waals surface area contributed by atoms with E-state index in [2.05, 4.69) is 10.3 Å². The van der Waals surface area contributed by atoms with Crippen LogP contribution in [0.1, 0.15) is 21.7 Å². The lowest BCUT2D eigenvalue weighted by Crippen LogP contribution is -2.27. The minimum Gasteiger partial charge on any atom is -0.496 e. The molecule has 1 heterocycles. The summed E-state index contributed by atoms with van der Waals surface area (Å²) in [6.45, 7) is 1.04. The highest BCUT2D eigenvalue weighted by Crippen LogP contribution is 2.23. The Morgan fingerprint density at radius 2 is 2.04 bits per heavy atom. The van der Waals surface area contributed by atoms with Gasteiger partial charge in [0.15, 0.2) is 0 Å². The SMILES string of the molecule is COc1ccc([N+](=O)[O-])cc1C(=O)NCCc1nccn1Cc1ccccc1. The van der Waals surface area contributed by atoms with Gasteiger partial charge in [-0.1, -0.05) is 30.3 Å². The molecule has 0 atom stereocenters. The lowest BCUT2D eigenvalue weighted by Gasteiger charge is -2.10. The van der Waals surface area contributed by atoms with Gasteiger partial charge < -0.3 is 14.6 Å². The van der Waals surface area contributed by atoms with Crippen molar-refractivity contribution in [1.82, 2.24) is 14.9 Å². The molecule has 0 aliphatic heterocycles. The molecule has 0 fully saturated rings. The van der Waals surface area contributed by atoms with Crippen molar-refractivity contribution in [3.05, 3.63) is 88.0 Å². The number of nitrogens with one attached hydrogen (secondary N) is 1. The van der Waals surface area contributed by atoms with Crippen LogP contribution in [-0.4, -0.2) is 34.0 Å². The summed E-state index contributed by atoms with van der Waals surface area (Å²) < 4.78 is 7.16. The fraction of sp³-hybridized carbons (Fsp3) is 0.200. The number of amides is 1. The van der Waals surface area contributed by atoms with Gasteiger partial charge in [-0.15, -0.1) is 0 Å². The minimum absolute atomic E-state index is 0.129. The predicted molar refractivity (Wildman–Crippen MR) is 103 cm³/mol. The largest absolute Gasteiger partial charge is 0.496 e. The molecule has 1 aromatic heterocycles. The number of methoxy groups -OCH3 is 1. The molecular formula is C20H20N4O4. The molecule has 0 saturated heterocycles. The second-order valence-corrected chi connectivity index (χ2v) is 6.10. The number of hydrogen-bond donors (Lipinski definition) is 1. The Balaban J connectivity index is 1.63. The molecule has 8 heteroatoms. The zero-order valence-corrected chi connectivity index (χ0v) is 15.4. The Kier molecular flexibility index (Phi) is 6.01. The van der Waals surface area contributed by atoms with Gasteiger partial charge >= 0.3 is 0 Å². The summed E-state index contributed by atoms with van der Waals surface area (Å²) in [7, 11) is 1.42. The van der Waals surface area contributed by atoms with Crippen molar-refractivity contribution in [3.8, 4) is 5.75 Å². The summed E-state index contributed by atoms with van der Waals surface area (Å²) in [6, 6.07) is 14.0. The molecular weight excluding hydrogens is 360 g/mol. The Labute approximate surface area is 161 Å². The molecule has 1 amide bonds. The van der Waals surface area contributed by atoms with Gasteiger partial charge in [0.25, 0.3) is 11.6 Å².